The number of aromatic nitrogens is 2. The Morgan fingerprint density at radius 3 is 2.94 bits per heavy atom. The SMILES string of the molecule is Nc1ccc2cnn(C3CCNCC3)c2c1. The highest BCUT2D eigenvalue weighted by Gasteiger charge is 2.17. The van der Waals surface area contributed by atoms with Crippen molar-refractivity contribution in [3.05, 3.63) is 24.4 Å². The number of fused-ring (bicyclic) bond motifs is 1. The van der Waals surface area contributed by atoms with Crippen LogP contribution in [-0.4, -0.2) is 22.9 Å². The molecule has 1 aliphatic rings. The van der Waals surface area contributed by atoms with Gasteiger partial charge in [-0.15, -0.1) is 0 Å². The Balaban J connectivity index is 2.05. The van der Waals surface area contributed by atoms with Crippen LogP contribution in [0, 0.1) is 0 Å². The summed E-state index contributed by atoms with van der Waals surface area (Å²) in [6.07, 6.45) is 4.22. The van der Waals surface area contributed by atoms with Crippen LogP contribution in [0.1, 0.15) is 18.9 Å². The van der Waals surface area contributed by atoms with Crippen LogP contribution < -0.4 is 11.1 Å². The third-order valence-corrected chi connectivity index (χ3v) is 3.28. The van der Waals surface area contributed by atoms with E-state index in [0.717, 1.165) is 37.1 Å². The van der Waals surface area contributed by atoms with Crippen molar-refractivity contribution in [3.63, 3.8) is 0 Å². The highest BCUT2D eigenvalue weighted by molar-refractivity contribution is 5.81. The normalized spacial score (nSPS) is 18.0. The van der Waals surface area contributed by atoms with Gasteiger partial charge in [-0.2, -0.15) is 5.10 Å². The smallest absolute Gasteiger partial charge is 0.0706 e. The molecule has 3 N–H and O–H groups in total. The van der Waals surface area contributed by atoms with Gasteiger partial charge in [-0.25, -0.2) is 0 Å². The summed E-state index contributed by atoms with van der Waals surface area (Å²) in [5.74, 6) is 0. The molecular weight excluding hydrogens is 200 g/mol. The van der Waals surface area contributed by atoms with Gasteiger partial charge in [0.15, 0.2) is 0 Å². The number of hydrogen-bond acceptors (Lipinski definition) is 3. The summed E-state index contributed by atoms with van der Waals surface area (Å²) in [6, 6.07) is 6.50. The lowest BCUT2D eigenvalue weighted by atomic mass is 10.1. The number of nitrogen functional groups attached to an aromatic ring is 1. The standard InChI is InChI=1S/C12H16N4/c13-10-2-1-9-8-15-16(12(9)7-10)11-3-5-14-6-4-11/h1-2,7-8,11,14H,3-6,13H2. The van der Waals surface area contributed by atoms with Crippen LogP contribution in [0.2, 0.25) is 0 Å². The Kier molecular flexibility index (Phi) is 2.29. The van der Waals surface area contributed by atoms with E-state index >= 15 is 0 Å². The molecule has 0 radical (unpaired) electrons. The largest absolute Gasteiger partial charge is 0.399 e. The number of anilines is 1. The van der Waals surface area contributed by atoms with Crippen molar-refractivity contribution in [1.29, 1.82) is 0 Å². The van der Waals surface area contributed by atoms with E-state index in [9.17, 15) is 0 Å². The number of rotatable bonds is 1. The van der Waals surface area contributed by atoms with Crippen molar-refractivity contribution in [1.82, 2.24) is 15.1 Å². The zero-order chi connectivity index (χ0) is 11.0. The van der Waals surface area contributed by atoms with Crippen molar-refractivity contribution >= 4 is 16.6 Å². The first-order valence-corrected chi connectivity index (χ1v) is 5.78. The van der Waals surface area contributed by atoms with Gasteiger partial charge >= 0.3 is 0 Å². The molecule has 0 unspecified atom stereocenters. The van der Waals surface area contributed by atoms with Crippen LogP contribution in [-0.2, 0) is 0 Å². The predicted molar refractivity (Wildman–Crippen MR) is 65.3 cm³/mol. The lowest BCUT2D eigenvalue weighted by molar-refractivity contribution is 0.351. The maximum atomic E-state index is 5.83. The maximum absolute atomic E-state index is 5.83. The number of piperidine rings is 1. The Morgan fingerprint density at radius 2 is 2.12 bits per heavy atom. The molecule has 0 bridgehead atoms. The fraction of sp³-hybridized carbons (Fsp3) is 0.417. The van der Waals surface area contributed by atoms with Gasteiger partial charge in [-0.1, -0.05) is 0 Å². The molecule has 0 amide bonds. The molecule has 4 nitrogen and oxygen atoms in total. The predicted octanol–water partition coefficient (Wildman–Crippen LogP) is 1.54. The first-order valence-electron chi connectivity index (χ1n) is 5.78. The molecule has 4 heteroatoms. The number of hydrogen-bond donors (Lipinski definition) is 2. The third-order valence-electron chi connectivity index (χ3n) is 3.28. The van der Waals surface area contributed by atoms with Crippen LogP contribution in [0.15, 0.2) is 24.4 Å². The molecule has 2 heterocycles. The van der Waals surface area contributed by atoms with Gasteiger partial charge in [-0.05, 0) is 44.1 Å². The number of nitrogens with two attached hydrogens (primary N) is 1. The Morgan fingerprint density at radius 1 is 1.31 bits per heavy atom. The maximum Gasteiger partial charge on any atom is 0.0706 e. The van der Waals surface area contributed by atoms with Crippen molar-refractivity contribution in [2.45, 2.75) is 18.9 Å². The van der Waals surface area contributed by atoms with Gasteiger partial charge in [0.2, 0.25) is 0 Å². The molecule has 2 aromatic rings. The van der Waals surface area contributed by atoms with Gasteiger partial charge in [0.05, 0.1) is 17.8 Å². The van der Waals surface area contributed by atoms with E-state index in [4.69, 9.17) is 5.73 Å². The fourth-order valence-electron chi connectivity index (χ4n) is 2.40. The quantitative estimate of drug-likeness (QED) is 0.711. The van der Waals surface area contributed by atoms with Gasteiger partial charge in [0.25, 0.3) is 0 Å². The Hall–Kier alpha value is -1.55. The zero-order valence-electron chi connectivity index (χ0n) is 9.19. The number of nitrogens with zero attached hydrogens (tertiary/aromatic N) is 2. The van der Waals surface area contributed by atoms with E-state index < -0.39 is 0 Å². The van der Waals surface area contributed by atoms with E-state index in [2.05, 4.69) is 15.1 Å². The highest BCUT2D eigenvalue weighted by Crippen LogP contribution is 2.24. The van der Waals surface area contributed by atoms with E-state index in [-0.39, 0.29) is 0 Å². The molecule has 0 aliphatic carbocycles. The van der Waals surface area contributed by atoms with Crippen LogP contribution in [0.25, 0.3) is 10.9 Å². The topological polar surface area (TPSA) is 55.9 Å². The lowest BCUT2D eigenvalue weighted by Crippen LogP contribution is -2.29. The second-order valence-electron chi connectivity index (χ2n) is 4.39. The Bertz CT molecular complexity index is 497. The third kappa shape index (κ3) is 1.55. The van der Waals surface area contributed by atoms with Crippen LogP contribution in [0.4, 0.5) is 5.69 Å². The second-order valence-corrected chi connectivity index (χ2v) is 4.39. The molecule has 1 aliphatic heterocycles. The van der Waals surface area contributed by atoms with Crippen molar-refractivity contribution in [2.75, 3.05) is 18.8 Å². The summed E-state index contributed by atoms with van der Waals surface area (Å²) in [5, 5.41) is 9.04. The molecule has 1 saturated heterocycles. The molecule has 0 atom stereocenters. The van der Waals surface area contributed by atoms with Crippen LogP contribution in [0.3, 0.4) is 0 Å². The monoisotopic (exact) mass is 216 g/mol. The van der Waals surface area contributed by atoms with E-state index in [1.54, 1.807) is 0 Å². The molecular formula is C12H16N4. The molecule has 3 rings (SSSR count). The molecule has 84 valence electrons. The molecule has 0 spiro atoms. The van der Waals surface area contributed by atoms with Crippen LogP contribution >= 0.6 is 0 Å². The average Bonchev–Trinajstić information content (AvgIpc) is 2.73. The average molecular weight is 216 g/mol. The summed E-state index contributed by atoms with van der Waals surface area (Å²) >= 11 is 0. The molecule has 1 aromatic carbocycles. The summed E-state index contributed by atoms with van der Waals surface area (Å²) in [7, 11) is 0. The Labute approximate surface area is 94.4 Å². The van der Waals surface area contributed by atoms with Crippen molar-refractivity contribution in [3.8, 4) is 0 Å². The van der Waals surface area contributed by atoms with E-state index in [1.165, 1.54) is 5.39 Å². The van der Waals surface area contributed by atoms with Gasteiger partial charge < -0.3 is 11.1 Å². The van der Waals surface area contributed by atoms with Crippen molar-refractivity contribution < 1.29 is 0 Å². The highest BCUT2D eigenvalue weighted by atomic mass is 15.3. The minimum atomic E-state index is 0.514. The molecule has 16 heavy (non-hydrogen) atoms. The minimum absolute atomic E-state index is 0.514. The summed E-state index contributed by atoms with van der Waals surface area (Å²) < 4.78 is 2.13. The van der Waals surface area contributed by atoms with Crippen LogP contribution in [0.5, 0.6) is 0 Å². The number of benzene rings is 1. The minimum Gasteiger partial charge on any atom is -0.399 e. The number of nitrogens with one attached hydrogen (secondary N) is 1. The first kappa shape index (κ1) is 9.66. The lowest BCUT2D eigenvalue weighted by Gasteiger charge is -2.23. The summed E-state index contributed by atoms with van der Waals surface area (Å²) in [5.41, 5.74) is 7.80. The summed E-state index contributed by atoms with van der Waals surface area (Å²) in [4.78, 5) is 0. The van der Waals surface area contributed by atoms with E-state index in [1.807, 2.05) is 24.4 Å². The van der Waals surface area contributed by atoms with Gasteiger partial charge in [-0.3, -0.25) is 4.68 Å². The van der Waals surface area contributed by atoms with Gasteiger partial charge in [0, 0.05) is 11.1 Å². The molecule has 1 aromatic heterocycles. The summed E-state index contributed by atoms with van der Waals surface area (Å²) in [6.45, 7) is 2.16. The zero-order valence-corrected chi connectivity index (χ0v) is 9.19. The van der Waals surface area contributed by atoms with Crippen molar-refractivity contribution in [2.24, 2.45) is 0 Å². The second kappa shape index (κ2) is 3.79. The molecule has 0 saturated carbocycles. The molecule has 1 fully saturated rings. The first-order chi connectivity index (χ1) is 7.84. The van der Waals surface area contributed by atoms with E-state index in [0.29, 0.717) is 6.04 Å². The van der Waals surface area contributed by atoms with Gasteiger partial charge in [0.1, 0.15) is 0 Å². The fourth-order valence-corrected chi connectivity index (χ4v) is 2.40.